The number of phenolic OH excluding ortho intramolecular Hbond substituents is 1. The molecule has 0 spiro atoms. The first-order valence-electron chi connectivity index (χ1n) is 9.59. The highest BCUT2D eigenvalue weighted by molar-refractivity contribution is 5.91. The molecule has 2 aromatic rings. The fourth-order valence-electron chi connectivity index (χ4n) is 3.41. The Balaban J connectivity index is 1.47. The van der Waals surface area contributed by atoms with Gasteiger partial charge >= 0.3 is 0 Å². The van der Waals surface area contributed by atoms with Crippen LogP contribution in [0.2, 0.25) is 0 Å². The second-order valence-electron chi connectivity index (χ2n) is 8.31. The predicted octanol–water partition coefficient (Wildman–Crippen LogP) is 2.03. The third kappa shape index (κ3) is 5.23. The summed E-state index contributed by atoms with van der Waals surface area (Å²) in [7, 11) is 0. The molecule has 1 aliphatic heterocycles. The Morgan fingerprint density at radius 1 is 1.04 bits per heavy atom. The van der Waals surface area contributed by atoms with Crippen molar-refractivity contribution in [3.05, 3.63) is 54.1 Å². The number of hydrogen-bond acceptors (Lipinski definition) is 3. The Kier molecular flexibility index (Phi) is 5.71. The molecule has 0 saturated carbocycles. The van der Waals surface area contributed by atoms with Gasteiger partial charge in [-0.15, -0.1) is 0 Å². The lowest BCUT2D eigenvalue weighted by molar-refractivity contribution is -0.892. The summed E-state index contributed by atoms with van der Waals surface area (Å²) in [4.78, 5) is 16.0. The van der Waals surface area contributed by atoms with Crippen molar-refractivity contribution in [3.63, 3.8) is 0 Å². The van der Waals surface area contributed by atoms with Gasteiger partial charge in [0.15, 0.2) is 6.54 Å². The molecule has 3 N–H and O–H groups in total. The molecule has 3 rings (SSSR count). The van der Waals surface area contributed by atoms with Gasteiger partial charge in [0.2, 0.25) is 0 Å². The first-order chi connectivity index (χ1) is 12.8. The van der Waals surface area contributed by atoms with Crippen LogP contribution in [-0.4, -0.2) is 43.7 Å². The topological polar surface area (TPSA) is 57.0 Å². The third-order valence-electron chi connectivity index (χ3n) is 5.13. The van der Waals surface area contributed by atoms with Crippen molar-refractivity contribution in [2.24, 2.45) is 0 Å². The molecule has 1 amide bonds. The highest BCUT2D eigenvalue weighted by Crippen LogP contribution is 2.23. The lowest BCUT2D eigenvalue weighted by Crippen LogP contribution is -3.15. The molecule has 0 bridgehead atoms. The summed E-state index contributed by atoms with van der Waals surface area (Å²) in [5.74, 6) is 0.349. The van der Waals surface area contributed by atoms with Crippen molar-refractivity contribution < 1.29 is 14.8 Å². The van der Waals surface area contributed by atoms with Gasteiger partial charge in [-0.25, -0.2) is 0 Å². The molecule has 2 aromatic carbocycles. The van der Waals surface area contributed by atoms with Crippen LogP contribution in [0.5, 0.6) is 5.75 Å². The molecular formula is C22H30N3O2+. The highest BCUT2D eigenvalue weighted by atomic mass is 16.3. The number of hydrogen-bond donors (Lipinski definition) is 3. The Labute approximate surface area is 161 Å². The molecule has 1 fully saturated rings. The molecule has 144 valence electrons. The van der Waals surface area contributed by atoms with Gasteiger partial charge in [-0.2, -0.15) is 0 Å². The zero-order valence-corrected chi connectivity index (χ0v) is 16.5. The van der Waals surface area contributed by atoms with Gasteiger partial charge in [-0.05, 0) is 47.4 Å². The summed E-state index contributed by atoms with van der Waals surface area (Å²) in [6.07, 6.45) is 0. The first-order valence-corrected chi connectivity index (χ1v) is 9.59. The van der Waals surface area contributed by atoms with E-state index in [2.05, 4.69) is 43.1 Å². The molecule has 1 saturated heterocycles. The predicted molar refractivity (Wildman–Crippen MR) is 110 cm³/mol. The summed E-state index contributed by atoms with van der Waals surface area (Å²) in [6, 6.07) is 15.4. The molecule has 5 nitrogen and oxygen atoms in total. The Morgan fingerprint density at radius 2 is 1.63 bits per heavy atom. The number of nitrogens with one attached hydrogen (secondary N) is 2. The van der Waals surface area contributed by atoms with E-state index in [1.165, 1.54) is 10.5 Å². The largest absolute Gasteiger partial charge is 0.508 e. The van der Waals surface area contributed by atoms with Crippen LogP contribution in [0.15, 0.2) is 48.5 Å². The molecule has 1 aliphatic rings. The van der Waals surface area contributed by atoms with E-state index >= 15 is 0 Å². The fraction of sp³-hybridized carbons (Fsp3) is 0.409. The third-order valence-corrected chi connectivity index (χ3v) is 5.13. The number of carbonyl (C=O) groups excluding carboxylic acids is 1. The molecule has 0 unspecified atom stereocenters. The molecule has 0 aliphatic carbocycles. The zero-order chi connectivity index (χ0) is 19.4. The average molecular weight is 369 g/mol. The number of quaternary nitrogens is 1. The van der Waals surface area contributed by atoms with E-state index in [4.69, 9.17) is 0 Å². The van der Waals surface area contributed by atoms with Crippen LogP contribution in [-0.2, 0) is 10.2 Å². The summed E-state index contributed by atoms with van der Waals surface area (Å²) in [6.45, 7) is 10.7. The number of amides is 1. The molecule has 27 heavy (non-hydrogen) atoms. The summed E-state index contributed by atoms with van der Waals surface area (Å²) in [5.41, 5.74) is 3.35. The van der Waals surface area contributed by atoms with Gasteiger partial charge in [0.25, 0.3) is 5.91 Å². The van der Waals surface area contributed by atoms with E-state index in [0.717, 1.165) is 37.6 Å². The van der Waals surface area contributed by atoms with Gasteiger partial charge in [0, 0.05) is 11.4 Å². The molecule has 0 atom stereocenters. The second kappa shape index (κ2) is 8.01. The minimum atomic E-state index is 0.0617. The fourth-order valence-corrected chi connectivity index (χ4v) is 3.41. The van der Waals surface area contributed by atoms with Gasteiger partial charge in [-0.3, -0.25) is 4.79 Å². The van der Waals surface area contributed by atoms with Gasteiger partial charge in [0.05, 0.1) is 26.2 Å². The number of rotatable bonds is 4. The van der Waals surface area contributed by atoms with Crippen LogP contribution in [0.4, 0.5) is 11.4 Å². The van der Waals surface area contributed by atoms with E-state index < -0.39 is 0 Å². The number of benzene rings is 2. The maximum atomic E-state index is 12.4. The Bertz CT molecular complexity index is 756. The smallest absolute Gasteiger partial charge is 0.279 e. The maximum Gasteiger partial charge on any atom is 0.279 e. The summed E-state index contributed by atoms with van der Waals surface area (Å²) < 4.78 is 0. The van der Waals surface area contributed by atoms with Crippen LogP contribution in [0.25, 0.3) is 0 Å². The van der Waals surface area contributed by atoms with Crippen LogP contribution >= 0.6 is 0 Å². The van der Waals surface area contributed by atoms with Gasteiger partial charge in [0.1, 0.15) is 5.75 Å². The van der Waals surface area contributed by atoms with Crippen molar-refractivity contribution in [1.29, 1.82) is 0 Å². The average Bonchev–Trinajstić information content (AvgIpc) is 2.63. The maximum absolute atomic E-state index is 12.4. The lowest BCUT2D eigenvalue weighted by Gasteiger charge is -2.33. The summed E-state index contributed by atoms with van der Waals surface area (Å²) >= 11 is 0. The van der Waals surface area contributed by atoms with Crippen LogP contribution in [0.1, 0.15) is 26.3 Å². The quantitative estimate of drug-likeness (QED) is 0.774. The van der Waals surface area contributed by atoms with Gasteiger partial charge in [-0.1, -0.05) is 32.9 Å². The molecule has 5 heteroatoms. The molecular weight excluding hydrogens is 338 g/mol. The minimum absolute atomic E-state index is 0.0617. The highest BCUT2D eigenvalue weighted by Gasteiger charge is 2.22. The van der Waals surface area contributed by atoms with Crippen molar-refractivity contribution in [2.75, 3.05) is 42.9 Å². The normalized spacial score (nSPS) is 15.6. The number of piperazine rings is 1. The van der Waals surface area contributed by atoms with Crippen molar-refractivity contribution >= 4 is 17.3 Å². The zero-order valence-electron chi connectivity index (χ0n) is 16.5. The number of aromatic hydroxyl groups is 1. The summed E-state index contributed by atoms with van der Waals surface area (Å²) in [5, 5.41) is 12.4. The van der Waals surface area contributed by atoms with E-state index in [0.29, 0.717) is 6.54 Å². The van der Waals surface area contributed by atoms with Crippen molar-refractivity contribution in [3.8, 4) is 5.75 Å². The second-order valence-corrected chi connectivity index (χ2v) is 8.31. The number of anilines is 2. The lowest BCUT2D eigenvalue weighted by atomic mass is 9.87. The standard InChI is InChI=1S/C22H29N3O2/c1-22(2,3)17-4-6-18(7-5-17)23-21(27)16-24-12-14-25(15-13-24)19-8-10-20(26)11-9-19/h4-11,26H,12-16H2,1-3H3,(H,23,27)/p+1. The van der Waals surface area contributed by atoms with Crippen LogP contribution in [0.3, 0.4) is 0 Å². The van der Waals surface area contributed by atoms with Crippen LogP contribution < -0.4 is 15.1 Å². The van der Waals surface area contributed by atoms with Gasteiger partial charge < -0.3 is 20.2 Å². The number of carbonyl (C=O) groups is 1. The molecule has 1 heterocycles. The molecule has 0 radical (unpaired) electrons. The number of phenols is 1. The SMILES string of the molecule is CC(C)(C)c1ccc(NC(=O)C[NH+]2CCN(c3ccc(O)cc3)CC2)cc1. The Hall–Kier alpha value is -2.53. The first kappa shape index (κ1) is 19.2. The molecule has 0 aromatic heterocycles. The van der Waals surface area contributed by atoms with E-state index in [1.807, 2.05) is 24.3 Å². The minimum Gasteiger partial charge on any atom is -0.508 e. The van der Waals surface area contributed by atoms with E-state index in [9.17, 15) is 9.90 Å². The Morgan fingerprint density at radius 3 is 2.19 bits per heavy atom. The van der Waals surface area contributed by atoms with E-state index in [1.54, 1.807) is 12.1 Å². The number of nitrogens with zero attached hydrogens (tertiary/aromatic N) is 1. The van der Waals surface area contributed by atoms with Crippen LogP contribution in [0, 0.1) is 0 Å². The van der Waals surface area contributed by atoms with Crippen molar-refractivity contribution in [1.82, 2.24) is 0 Å². The van der Waals surface area contributed by atoms with Crippen molar-refractivity contribution in [2.45, 2.75) is 26.2 Å². The van der Waals surface area contributed by atoms with E-state index in [-0.39, 0.29) is 17.1 Å². The monoisotopic (exact) mass is 368 g/mol.